The van der Waals surface area contributed by atoms with Crippen molar-refractivity contribution in [3.05, 3.63) is 64.2 Å². The molecule has 0 bridgehead atoms. The lowest BCUT2D eigenvalue weighted by Gasteiger charge is -2.19. The van der Waals surface area contributed by atoms with Crippen molar-refractivity contribution in [1.82, 2.24) is 0 Å². The third kappa shape index (κ3) is 3.14. The second-order valence-corrected chi connectivity index (χ2v) is 5.57. The normalized spacial score (nSPS) is 13.3. The summed E-state index contributed by atoms with van der Waals surface area (Å²) in [7, 11) is 0. The number of hydrogen-bond acceptors (Lipinski definition) is 2. The van der Waals surface area contributed by atoms with E-state index in [1.165, 1.54) is 13.0 Å². The molecule has 0 heterocycles. The zero-order chi connectivity index (χ0) is 18.3. The van der Waals surface area contributed by atoms with Gasteiger partial charge in [-0.05, 0) is 47.4 Å². The predicted molar refractivity (Wildman–Crippen MR) is 79.7 cm³/mol. The lowest BCUT2D eigenvalue weighted by Crippen LogP contribution is -2.09. The molecule has 1 aliphatic carbocycles. The summed E-state index contributed by atoms with van der Waals surface area (Å²) in [5.74, 6) is -7.13. The summed E-state index contributed by atoms with van der Waals surface area (Å²) in [6, 6.07) is 2.06. The van der Waals surface area contributed by atoms with Gasteiger partial charge in [0.2, 0.25) is 0 Å². The second-order valence-electron chi connectivity index (χ2n) is 5.57. The topological polar surface area (TPSA) is 26.3 Å². The second kappa shape index (κ2) is 6.31. The Morgan fingerprint density at radius 2 is 1.56 bits per heavy atom. The van der Waals surface area contributed by atoms with Gasteiger partial charge in [-0.3, -0.25) is 4.79 Å². The Labute approximate surface area is 139 Å². The van der Waals surface area contributed by atoms with Crippen LogP contribution in [0.5, 0.6) is 0 Å². The Hall–Kier alpha value is -2.70. The smallest absolute Gasteiger partial charge is 0.307 e. The van der Waals surface area contributed by atoms with Gasteiger partial charge in [0.1, 0.15) is 17.4 Å². The number of esters is 1. The third-order valence-corrected chi connectivity index (χ3v) is 3.84. The summed E-state index contributed by atoms with van der Waals surface area (Å²) in [4.78, 5) is 11.0. The van der Waals surface area contributed by atoms with Crippen molar-refractivity contribution < 1.29 is 31.5 Å². The number of carbonyl (C=O) groups is 1. The van der Waals surface area contributed by atoms with Crippen molar-refractivity contribution in [3.8, 4) is 11.1 Å². The average molecular weight is 354 g/mol. The van der Waals surface area contributed by atoms with Crippen LogP contribution in [0.1, 0.15) is 24.5 Å². The van der Waals surface area contributed by atoms with Crippen LogP contribution < -0.4 is 0 Å². The molecule has 7 heteroatoms. The molecule has 0 fully saturated rings. The molecule has 130 valence electrons. The average Bonchev–Trinajstić information content (AvgIpc) is 2.51. The summed E-state index contributed by atoms with van der Waals surface area (Å²) >= 11 is 0. The number of fused-ring (bicyclic) bond motifs is 1. The number of carbonyl (C=O) groups excluding carboxylic acids is 1. The van der Waals surface area contributed by atoms with Crippen LogP contribution in [0, 0.1) is 29.1 Å². The van der Waals surface area contributed by atoms with Crippen molar-refractivity contribution in [2.24, 2.45) is 0 Å². The van der Waals surface area contributed by atoms with Crippen LogP contribution in [0.3, 0.4) is 0 Å². The molecule has 0 N–H and O–H groups in total. The number of ether oxygens (including phenoxy) is 1. The Kier molecular flexibility index (Phi) is 4.32. The van der Waals surface area contributed by atoms with Gasteiger partial charge in [-0.15, -0.1) is 0 Å². The highest BCUT2D eigenvalue weighted by molar-refractivity contribution is 5.73. The quantitative estimate of drug-likeness (QED) is 0.436. The van der Waals surface area contributed by atoms with Gasteiger partial charge in [-0.25, -0.2) is 22.0 Å². The van der Waals surface area contributed by atoms with E-state index in [0.717, 1.165) is 6.07 Å². The molecule has 2 nitrogen and oxygen atoms in total. The van der Waals surface area contributed by atoms with Crippen molar-refractivity contribution in [2.45, 2.75) is 19.8 Å². The van der Waals surface area contributed by atoms with Gasteiger partial charge in [-0.2, -0.15) is 0 Å². The maximum absolute atomic E-state index is 14.7. The molecule has 2 aromatic rings. The molecule has 25 heavy (non-hydrogen) atoms. The number of rotatable bonds is 2. The Morgan fingerprint density at radius 1 is 0.920 bits per heavy atom. The number of benzene rings is 2. The van der Waals surface area contributed by atoms with E-state index in [4.69, 9.17) is 4.74 Å². The van der Waals surface area contributed by atoms with Gasteiger partial charge in [0.25, 0.3) is 0 Å². The summed E-state index contributed by atoms with van der Waals surface area (Å²) in [5.41, 5.74) is -0.786. The molecular weight excluding hydrogens is 343 g/mol. The zero-order valence-electron chi connectivity index (χ0n) is 12.9. The molecule has 0 aromatic heterocycles. The van der Waals surface area contributed by atoms with E-state index < -0.39 is 46.2 Å². The highest BCUT2D eigenvalue weighted by atomic mass is 19.2. The lowest BCUT2D eigenvalue weighted by molar-refractivity contribution is -0.136. The molecule has 0 saturated carbocycles. The fourth-order valence-electron chi connectivity index (χ4n) is 2.78. The maximum Gasteiger partial charge on any atom is 0.307 e. The van der Waals surface area contributed by atoms with Crippen LogP contribution in [0.2, 0.25) is 0 Å². The number of halogens is 5. The van der Waals surface area contributed by atoms with Crippen molar-refractivity contribution >= 4 is 12.0 Å². The lowest BCUT2D eigenvalue weighted by atomic mass is 9.91. The van der Waals surface area contributed by atoms with Crippen LogP contribution in [-0.2, 0) is 16.0 Å². The summed E-state index contributed by atoms with van der Waals surface area (Å²) in [6.45, 7) is 1.21. The highest BCUT2D eigenvalue weighted by Crippen LogP contribution is 2.35. The van der Waals surface area contributed by atoms with E-state index >= 15 is 0 Å². The maximum atomic E-state index is 14.7. The van der Waals surface area contributed by atoms with Crippen LogP contribution in [0.4, 0.5) is 22.0 Å². The van der Waals surface area contributed by atoms with Gasteiger partial charge in [0.15, 0.2) is 17.5 Å². The van der Waals surface area contributed by atoms with Crippen LogP contribution in [0.25, 0.3) is 17.2 Å². The standard InChI is InChI=1S/C18H11F5O2/c1-8(24)25-11-2-3-12-9(4-11)5-13(19)16(17(12)22)10-6-14(20)18(23)15(21)7-10/h4-7H,2-3H2,1H3. The summed E-state index contributed by atoms with van der Waals surface area (Å²) in [5, 5.41) is 0. The Balaban J connectivity index is 2.14. The third-order valence-electron chi connectivity index (χ3n) is 3.84. The van der Waals surface area contributed by atoms with E-state index in [-0.39, 0.29) is 29.7 Å². The van der Waals surface area contributed by atoms with Gasteiger partial charge < -0.3 is 4.74 Å². The monoisotopic (exact) mass is 354 g/mol. The SMILES string of the molecule is CC(=O)OC1=Cc2cc(F)c(-c3cc(F)c(F)c(F)c3)c(F)c2CC1. The molecule has 0 radical (unpaired) electrons. The molecule has 2 aromatic carbocycles. The van der Waals surface area contributed by atoms with Gasteiger partial charge in [0.05, 0.1) is 5.56 Å². The van der Waals surface area contributed by atoms with E-state index in [9.17, 15) is 26.7 Å². The first-order valence-corrected chi connectivity index (χ1v) is 7.32. The minimum atomic E-state index is -1.71. The fraction of sp³-hybridized carbons (Fsp3) is 0.167. The van der Waals surface area contributed by atoms with Crippen LogP contribution >= 0.6 is 0 Å². The first-order valence-electron chi connectivity index (χ1n) is 7.32. The van der Waals surface area contributed by atoms with E-state index in [1.54, 1.807) is 0 Å². The summed E-state index contributed by atoms with van der Waals surface area (Å²) in [6.07, 6.45) is 1.66. The molecule has 0 amide bonds. The molecular formula is C18H11F5O2. The van der Waals surface area contributed by atoms with Gasteiger partial charge in [-0.1, -0.05) is 0 Å². The Bertz CT molecular complexity index is 895. The van der Waals surface area contributed by atoms with Gasteiger partial charge in [0, 0.05) is 13.3 Å². The van der Waals surface area contributed by atoms with Crippen LogP contribution in [0.15, 0.2) is 24.0 Å². The molecule has 0 unspecified atom stereocenters. The molecule has 0 aliphatic heterocycles. The van der Waals surface area contributed by atoms with E-state index in [0.29, 0.717) is 12.1 Å². The number of hydrogen-bond donors (Lipinski definition) is 0. The molecule has 0 spiro atoms. The molecule has 3 rings (SSSR count). The fourth-order valence-corrected chi connectivity index (χ4v) is 2.78. The largest absolute Gasteiger partial charge is 0.431 e. The van der Waals surface area contributed by atoms with E-state index in [1.807, 2.05) is 0 Å². The predicted octanol–water partition coefficient (Wildman–Crippen LogP) is 4.90. The highest BCUT2D eigenvalue weighted by Gasteiger charge is 2.24. The first-order chi connectivity index (χ1) is 11.8. The van der Waals surface area contributed by atoms with Crippen molar-refractivity contribution in [1.29, 1.82) is 0 Å². The first kappa shape index (κ1) is 17.1. The zero-order valence-corrected chi connectivity index (χ0v) is 12.9. The Morgan fingerprint density at radius 3 is 2.16 bits per heavy atom. The minimum absolute atomic E-state index is 0.111. The molecule has 0 atom stereocenters. The minimum Gasteiger partial charge on any atom is -0.431 e. The molecule has 1 aliphatic rings. The van der Waals surface area contributed by atoms with Gasteiger partial charge >= 0.3 is 5.97 Å². The van der Waals surface area contributed by atoms with E-state index in [2.05, 4.69) is 0 Å². The van der Waals surface area contributed by atoms with Crippen molar-refractivity contribution in [2.75, 3.05) is 0 Å². The van der Waals surface area contributed by atoms with Crippen LogP contribution in [-0.4, -0.2) is 5.97 Å². The number of allylic oxidation sites excluding steroid dienone is 1. The molecule has 0 saturated heterocycles. The van der Waals surface area contributed by atoms with Crippen molar-refractivity contribution in [3.63, 3.8) is 0 Å². The summed E-state index contributed by atoms with van der Waals surface area (Å²) < 4.78 is 73.9.